The van der Waals surface area contributed by atoms with Crippen molar-refractivity contribution in [2.24, 2.45) is 17.8 Å². The first-order valence-corrected chi connectivity index (χ1v) is 8.79. The van der Waals surface area contributed by atoms with Crippen LogP contribution in [-0.4, -0.2) is 28.9 Å². The molecule has 0 radical (unpaired) electrons. The molecule has 1 saturated carbocycles. The number of fused-ring (bicyclic) bond motifs is 1. The van der Waals surface area contributed by atoms with Crippen LogP contribution in [0, 0.1) is 17.8 Å². The molecule has 0 aromatic heterocycles. The van der Waals surface area contributed by atoms with Gasteiger partial charge in [0.25, 0.3) is 0 Å². The highest BCUT2D eigenvalue weighted by atomic mass is 16.2. The maximum atomic E-state index is 13.0. The summed E-state index contributed by atoms with van der Waals surface area (Å²) in [6, 6.07) is 15.4. The van der Waals surface area contributed by atoms with Crippen LogP contribution in [0.1, 0.15) is 32.7 Å². The predicted octanol–water partition coefficient (Wildman–Crippen LogP) is 2.27. The SMILES string of the molecule is O=C1CC(=O)C(C2C(=O)c3ccccc3C2=O)C(=O)C1Cc1ccccc1. The second-order valence-electron chi connectivity index (χ2n) is 6.98. The zero-order valence-electron chi connectivity index (χ0n) is 14.4. The van der Waals surface area contributed by atoms with Gasteiger partial charge in [-0.3, -0.25) is 24.0 Å². The largest absolute Gasteiger partial charge is 0.298 e. The fourth-order valence-corrected chi connectivity index (χ4v) is 4.02. The molecule has 2 aliphatic rings. The molecule has 0 N–H and O–H groups in total. The van der Waals surface area contributed by atoms with Crippen molar-refractivity contribution in [2.45, 2.75) is 12.8 Å². The van der Waals surface area contributed by atoms with Crippen LogP contribution in [0.2, 0.25) is 0 Å². The Bertz CT molecular complexity index is 954. The third-order valence-electron chi connectivity index (χ3n) is 5.37. The molecule has 2 atom stereocenters. The van der Waals surface area contributed by atoms with E-state index in [9.17, 15) is 24.0 Å². The van der Waals surface area contributed by atoms with Crippen LogP contribution in [0.25, 0.3) is 0 Å². The molecule has 5 nitrogen and oxygen atoms in total. The van der Waals surface area contributed by atoms with Crippen LogP contribution in [-0.2, 0) is 20.8 Å². The Balaban J connectivity index is 1.67. The first kappa shape index (κ1) is 17.2. The Morgan fingerprint density at radius 3 is 1.81 bits per heavy atom. The van der Waals surface area contributed by atoms with Crippen molar-refractivity contribution < 1.29 is 24.0 Å². The van der Waals surface area contributed by atoms with E-state index < -0.39 is 53.1 Å². The van der Waals surface area contributed by atoms with E-state index in [1.165, 1.54) is 12.1 Å². The standard InChI is InChI=1S/C22H16O5/c23-16-11-17(24)18(22(27)15(16)10-12-6-2-1-3-7-12)19-20(25)13-8-4-5-9-14(13)21(19)26/h1-9,15,18-19H,10-11H2. The number of hydrogen-bond acceptors (Lipinski definition) is 5. The van der Waals surface area contributed by atoms with Crippen LogP contribution in [0.4, 0.5) is 0 Å². The maximum Gasteiger partial charge on any atom is 0.175 e. The topological polar surface area (TPSA) is 85.3 Å². The van der Waals surface area contributed by atoms with Gasteiger partial charge >= 0.3 is 0 Å². The fourth-order valence-electron chi connectivity index (χ4n) is 4.02. The Labute approximate surface area is 155 Å². The van der Waals surface area contributed by atoms with E-state index in [4.69, 9.17) is 0 Å². The highest BCUT2D eigenvalue weighted by Crippen LogP contribution is 2.37. The summed E-state index contributed by atoms with van der Waals surface area (Å²) in [5.41, 5.74) is 1.28. The Morgan fingerprint density at radius 2 is 1.22 bits per heavy atom. The molecule has 27 heavy (non-hydrogen) atoms. The zero-order valence-corrected chi connectivity index (χ0v) is 14.4. The summed E-state index contributed by atoms with van der Waals surface area (Å²) in [5.74, 6) is -6.41. The van der Waals surface area contributed by atoms with E-state index in [2.05, 4.69) is 0 Å². The quantitative estimate of drug-likeness (QED) is 0.784. The molecule has 2 aromatic carbocycles. The van der Waals surface area contributed by atoms with Gasteiger partial charge in [0.05, 0.1) is 18.3 Å². The lowest BCUT2D eigenvalue weighted by Crippen LogP contribution is -2.48. The van der Waals surface area contributed by atoms with Gasteiger partial charge in [-0.15, -0.1) is 0 Å². The van der Waals surface area contributed by atoms with Crippen molar-refractivity contribution in [3.05, 3.63) is 71.3 Å². The molecule has 0 heterocycles. The molecule has 0 amide bonds. The van der Waals surface area contributed by atoms with E-state index in [0.29, 0.717) is 0 Å². The minimum Gasteiger partial charge on any atom is -0.298 e. The van der Waals surface area contributed by atoms with Crippen molar-refractivity contribution in [3.63, 3.8) is 0 Å². The van der Waals surface area contributed by atoms with E-state index >= 15 is 0 Å². The van der Waals surface area contributed by atoms with Crippen LogP contribution in [0.3, 0.4) is 0 Å². The second-order valence-corrected chi connectivity index (χ2v) is 6.98. The molecule has 2 aromatic rings. The lowest BCUT2D eigenvalue weighted by Gasteiger charge is -2.28. The molecular weight excluding hydrogens is 344 g/mol. The maximum absolute atomic E-state index is 13.0. The Morgan fingerprint density at radius 1 is 0.667 bits per heavy atom. The predicted molar refractivity (Wildman–Crippen MR) is 95.4 cm³/mol. The minimum absolute atomic E-state index is 0.171. The highest BCUT2D eigenvalue weighted by molar-refractivity contribution is 6.33. The molecular formula is C22H16O5. The van der Waals surface area contributed by atoms with Gasteiger partial charge < -0.3 is 0 Å². The lowest BCUT2D eigenvalue weighted by molar-refractivity contribution is -0.146. The van der Waals surface area contributed by atoms with E-state index in [1.807, 2.05) is 6.07 Å². The van der Waals surface area contributed by atoms with E-state index in [1.54, 1.807) is 36.4 Å². The van der Waals surface area contributed by atoms with Crippen LogP contribution in [0.15, 0.2) is 54.6 Å². The number of rotatable bonds is 3. The number of benzene rings is 2. The molecule has 134 valence electrons. The van der Waals surface area contributed by atoms with Crippen molar-refractivity contribution >= 4 is 28.9 Å². The summed E-state index contributed by atoms with van der Waals surface area (Å²) in [5, 5.41) is 0. The monoisotopic (exact) mass is 360 g/mol. The summed E-state index contributed by atoms with van der Waals surface area (Å²) in [6.45, 7) is 0. The van der Waals surface area contributed by atoms with Gasteiger partial charge in [-0.2, -0.15) is 0 Å². The van der Waals surface area contributed by atoms with Crippen molar-refractivity contribution in [1.82, 2.24) is 0 Å². The average Bonchev–Trinajstić information content (AvgIpc) is 2.91. The van der Waals surface area contributed by atoms with Gasteiger partial charge in [0.1, 0.15) is 5.92 Å². The third kappa shape index (κ3) is 2.76. The first-order valence-electron chi connectivity index (χ1n) is 8.79. The number of ketones is 5. The lowest BCUT2D eigenvalue weighted by atomic mass is 9.69. The summed E-state index contributed by atoms with van der Waals surface area (Å²) in [6.07, 6.45) is -0.244. The molecule has 2 unspecified atom stereocenters. The van der Waals surface area contributed by atoms with Gasteiger partial charge in [-0.05, 0) is 12.0 Å². The van der Waals surface area contributed by atoms with Gasteiger partial charge in [0.2, 0.25) is 0 Å². The number of carbonyl (C=O) groups excluding carboxylic acids is 5. The molecule has 4 rings (SSSR count). The molecule has 0 bridgehead atoms. The second kappa shape index (κ2) is 6.50. The molecule has 0 aliphatic heterocycles. The van der Waals surface area contributed by atoms with Gasteiger partial charge in [0.15, 0.2) is 28.9 Å². The summed E-state index contributed by atoms with van der Waals surface area (Å²) in [4.78, 5) is 63.3. The molecule has 0 spiro atoms. The molecule has 5 heteroatoms. The fraction of sp³-hybridized carbons (Fsp3) is 0.227. The van der Waals surface area contributed by atoms with Crippen LogP contribution in [0.5, 0.6) is 0 Å². The molecule has 1 fully saturated rings. The van der Waals surface area contributed by atoms with E-state index in [-0.39, 0.29) is 17.5 Å². The van der Waals surface area contributed by atoms with Crippen molar-refractivity contribution in [2.75, 3.05) is 0 Å². The Kier molecular flexibility index (Phi) is 4.15. The smallest absolute Gasteiger partial charge is 0.175 e. The summed E-state index contributed by atoms with van der Waals surface area (Å²) < 4.78 is 0. The zero-order chi connectivity index (χ0) is 19.1. The summed E-state index contributed by atoms with van der Waals surface area (Å²) in [7, 11) is 0. The van der Waals surface area contributed by atoms with Crippen molar-refractivity contribution in [1.29, 1.82) is 0 Å². The van der Waals surface area contributed by atoms with Crippen LogP contribution >= 0.6 is 0 Å². The molecule has 0 saturated heterocycles. The number of hydrogen-bond donors (Lipinski definition) is 0. The van der Waals surface area contributed by atoms with E-state index in [0.717, 1.165) is 5.56 Å². The normalized spacial score (nSPS) is 23.0. The average molecular weight is 360 g/mol. The van der Waals surface area contributed by atoms with Crippen LogP contribution < -0.4 is 0 Å². The van der Waals surface area contributed by atoms with Crippen molar-refractivity contribution in [3.8, 4) is 0 Å². The Hall–Kier alpha value is -3.21. The first-order chi connectivity index (χ1) is 13.0. The number of carbonyl (C=O) groups is 5. The minimum atomic E-state index is -1.37. The van der Waals surface area contributed by atoms with Gasteiger partial charge in [-0.1, -0.05) is 54.6 Å². The van der Waals surface area contributed by atoms with Gasteiger partial charge in [0, 0.05) is 11.1 Å². The van der Waals surface area contributed by atoms with Gasteiger partial charge in [-0.25, -0.2) is 0 Å². The third-order valence-corrected chi connectivity index (χ3v) is 5.37. The molecule has 2 aliphatic carbocycles. The summed E-state index contributed by atoms with van der Waals surface area (Å²) >= 11 is 0. The highest BCUT2D eigenvalue weighted by Gasteiger charge is 2.53. The number of Topliss-reactive ketones (excluding diaryl/α,β-unsaturated/α-hetero) is 5.